The molecule has 0 radical (unpaired) electrons. The number of anilines is 1. The Morgan fingerprint density at radius 3 is 2.88 bits per heavy atom. The van der Waals surface area contributed by atoms with Crippen LogP contribution in [0, 0.1) is 11.8 Å². The quantitative estimate of drug-likeness (QED) is 0.592. The lowest BCUT2D eigenvalue weighted by Crippen LogP contribution is -2.19. The molecule has 1 aromatic carbocycles. The summed E-state index contributed by atoms with van der Waals surface area (Å²) in [5, 5.41) is 2.55. The molecule has 84 valence electrons. The summed E-state index contributed by atoms with van der Waals surface area (Å²) in [6.07, 6.45) is 3.11. The van der Waals surface area contributed by atoms with Crippen molar-refractivity contribution in [3.63, 3.8) is 0 Å². The molecule has 3 nitrogen and oxygen atoms in total. The van der Waals surface area contributed by atoms with Crippen molar-refractivity contribution >= 4 is 11.7 Å². The number of hydrogen-bond acceptors (Lipinski definition) is 1. The van der Waals surface area contributed by atoms with E-state index in [0.717, 1.165) is 24.8 Å². The Morgan fingerprint density at radius 1 is 1.44 bits per heavy atom. The van der Waals surface area contributed by atoms with Crippen molar-refractivity contribution in [3.8, 4) is 11.8 Å². The van der Waals surface area contributed by atoms with Gasteiger partial charge in [0.15, 0.2) is 0 Å². The van der Waals surface area contributed by atoms with Gasteiger partial charge in [-0.15, -0.1) is 0 Å². The molecule has 1 rings (SSSR count). The predicted octanol–water partition coefficient (Wildman–Crippen LogP) is 2.72. The fourth-order valence-electron chi connectivity index (χ4n) is 1.26. The van der Waals surface area contributed by atoms with Crippen LogP contribution in [0.4, 0.5) is 10.5 Å². The molecule has 2 amide bonds. The second-order valence-corrected chi connectivity index (χ2v) is 3.44. The molecule has 16 heavy (non-hydrogen) atoms. The molecule has 0 unspecified atom stereocenters. The van der Waals surface area contributed by atoms with Gasteiger partial charge in [-0.25, -0.2) is 4.79 Å². The first-order chi connectivity index (χ1) is 7.74. The van der Waals surface area contributed by atoms with Crippen LogP contribution < -0.4 is 11.1 Å². The molecule has 3 heteroatoms. The summed E-state index contributed by atoms with van der Waals surface area (Å²) in [4.78, 5) is 10.8. The summed E-state index contributed by atoms with van der Waals surface area (Å²) in [5.74, 6) is 6.11. The largest absolute Gasteiger partial charge is 0.351 e. The molecule has 0 fully saturated rings. The van der Waals surface area contributed by atoms with E-state index in [4.69, 9.17) is 5.73 Å². The average Bonchev–Trinajstić information content (AvgIpc) is 2.26. The van der Waals surface area contributed by atoms with E-state index in [9.17, 15) is 4.79 Å². The maximum Gasteiger partial charge on any atom is 0.316 e. The predicted molar refractivity (Wildman–Crippen MR) is 66.1 cm³/mol. The fourth-order valence-corrected chi connectivity index (χ4v) is 1.26. The molecule has 0 bridgehead atoms. The van der Waals surface area contributed by atoms with Crippen LogP contribution in [0.15, 0.2) is 24.3 Å². The molecule has 0 saturated heterocycles. The van der Waals surface area contributed by atoms with Crippen LogP contribution in [0.5, 0.6) is 0 Å². The van der Waals surface area contributed by atoms with Gasteiger partial charge in [0.1, 0.15) is 0 Å². The number of carbonyl (C=O) groups is 1. The maximum absolute atomic E-state index is 10.8. The molecule has 0 atom stereocenters. The van der Waals surface area contributed by atoms with E-state index in [2.05, 4.69) is 24.1 Å². The van der Waals surface area contributed by atoms with Crippen molar-refractivity contribution in [2.45, 2.75) is 26.2 Å². The summed E-state index contributed by atoms with van der Waals surface area (Å²) < 4.78 is 0. The van der Waals surface area contributed by atoms with E-state index < -0.39 is 6.03 Å². The van der Waals surface area contributed by atoms with Crippen LogP contribution in [0.1, 0.15) is 31.7 Å². The second-order valence-electron chi connectivity index (χ2n) is 3.44. The lowest BCUT2D eigenvalue weighted by Gasteiger charge is -2.03. The number of amides is 2. The van der Waals surface area contributed by atoms with Crippen molar-refractivity contribution in [2.75, 3.05) is 5.32 Å². The number of nitrogens with one attached hydrogen (secondary N) is 1. The van der Waals surface area contributed by atoms with E-state index in [1.807, 2.05) is 18.2 Å². The number of urea groups is 1. The Kier molecular flexibility index (Phi) is 4.94. The minimum atomic E-state index is -0.567. The van der Waals surface area contributed by atoms with Crippen LogP contribution in [0.25, 0.3) is 0 Å². The van der Waals surface area contributed by atoms with Gasteiger partial charge in [0, 0.05) is 12.0 Å². The Labute approximate surface area is 96.0 Å². The number of rotatable bonds is 3. The van der Waals surface area contributed by atoms with Gasteiger partial charge >= 0.3 is 6.03 Å². The monoisotopic (exact) mass is 216 g/mol. The minimum absolute atomic E-state index is 0.567. The molecule has 0 saturated carbocycles. The van der Waals surface area contributed by atoms with Gasteiger partial charge in [0.25, 0.3) is 0 Å². The van der Waals surface area contributed by atoms with Crippen LogP contribution in [0.3, 0.4) is 0 Å². The van der Waals surface area contributed by atoms with Gasteiger partial charge in [-0.1, -0.05) is 37.3 Å². The van der Waals surface area contributed by atoms with E-state index in [-0.39, 0.29) is 0 Å². The van der Waals surface area contributed by atoms with Crippen molar-refractivity contribution in [2.24, 2.45) is 5.73 Å². The summed E-state index contributed by atoms with van der Waals surface area (Å²) in [7, 11) is 0. The zero-order valence-corrected chi connectivity index (χ0v) is 9.42. The van der Waals surface area contributed by atoms with Crippen molar-refractivity contribution in [1.29, 1.82) is 0 Å². The zero-order chi connectivity index (χ0) is 11.8. The van der Waals surface area contributed by atoms with Crippen molar-refractivity contribution in [1.82, 2.24) is 0 Å². The zero-order valence-electron chi connectivity index (χ0n) is 9.42. The number of para-hydroxylation sites is 1. The number of carbonyl (C=O) groups excluding carboxylic acids is 1. The Hall–Kier alpha value is -1.95. The SMILES string of the molecule is CCCCC#Cc1ccccc1NC(N)=O. The number of hydrogen-bond donors (Lipinski definition) is 2. The molecule has 3 N–H and O–H groups in total. The summed E-state index contributed by atoms with van der Waals surface area (Å²) in [5.41, 5.74) is 6.54. The topological polar surface area (TPSA) is 55.1 Å². The van der Waals surface area contributed by atoms with Crippen LogP contribution in [-0.2, 0) is 0 Å². The van der Waals surface area contributed by atoms with Gasteiger partial charge in [0.2, 0.25) is 0 Å². The average molecular weight is 216 g/mol. The van der Waals surface area contributed by atoms with E-state index >= 15 is 0 Å². The van der Waals surface area contributed by atoms with E-state index in [0.29, 0.717) is 5.69 Å². The highest BCUT2D eigenvalue weighted by molar-refractivity contribution is 5.89. The van der Waals surface area contributed by atoms with Crippen LogP contribution in [0.2, 0.25) is 0 Å². The Morgan fingerprint density at radius 2 is 2.19 bits per heavy atom. The molecule has 0 aliphatic heterocycles. The third kappa shape index (κ3) is 4.05. The van der Waals surface area contributed by atoms with Gasteiger partial charge in [-0.2, -0.15) is 0 Å². The standard InChI is InChI=1S/C13H16N2O/c1-2-3-4-5-8-11-9-6-7-10-12(11)15-13(14)16/h6-7,9-10H,2-4H2,1H3,(H3,14,15,16). The number of unbranched alkanes of at least 4 members (excludes halogenated alkanes) is 2. The molecule has 1 aromatic rings. The lowest BCUT2D eigenvalue weighted by molar-refractivity contribution is 0.259. The van der Waals surface area contributed by atoms with Gasteiger partial charge in [0.05, 0.1) is 5.69 Å². The Bertz CT molecular complexity index is 415. The summed E-state index contributed by atoms with van der Waals surface area (Å²) in [6.45, 7) is 2.13. The highest BCUT2D eigenvalue weighted by atomic mass is 16.2. The number of primary amides is 1. The lowest BCUT2D eigenvalue weighted by atomic mass is 10.1. The van der Waals surface area contributed by atoms with E-state index in [1.54, 1.807) is 6.07 Å². The highest BCUT2D eigenvalue weighted by Crippen LogP contribution is 2.13. The number of benzene rings is 1. The highest BCUT2D eigenvalue weighted by Gasteiger charge is 1.99. The number of nitrogens with two attached hydrogens (primary N) is 1. The second kappa shape index (κ2) is 6.52. The fraction of sp³-hybridized carbons (Fsp3) is 0.308. The molecule has 0 aliphatic rings. The molecular formula is C13H16N2O. The molecule has 0 aromatic heterocycles. The molecular weight excluding hydrogens is 200 g/mol. The van der Waals surface area contributed by atoms with Gasteiger partial charge in [-0.05, 0) is 18.6 Å². The van der Waals surface area contributed by atoms with Crippen molar-refractivity contribution in [3.05, 3.63) is 29.8 Å². The third-order valence-corrected chi connectivity index (χ3v) is 2.06. The smallest absolute Gasteiger partial charge is 0.316 e. The summed E-state index contributed by atoms with van der Waals surface area (Å²) >= 11 is 0. The van der Waals surface area contributed by atoms with Crippen LogP contribution in [-0.4, -0.2) is 6.03 Å². The molecule has 0 spiro atoms. The van der Waals surface area contributed by atoms with E-state index in [1.165, 1.54) is 0 Å². The molecule has 0 aliphatic carbocycles. The maximum atomic E-state index is 10.8. The van der Waals surface area contributed by atoms with Gasteiger partial charge in [-0.3, -0.25) is 0 Å². The first-order valence-corrected chi connectivity index (χ1v) is 5.38. The first kappa shape index (κ1) is 12.1. The normalized spacial score (nSPS) is 9.06. The first-order valence-electron chi connectivity index (χ1n) is 5.38. The van der Waals surface area contributed by atoms with Crippen molar-refractivity contribution < 1.29 is 4.79 Å². The molecule has 0 heterocycles. The van der Waals surface area contributed by atoms with Gasteiger partial charge < -0.3 is 11.1 Å². The summed E-state index contributed by atoms with van der Waals surface area (Å²) in [6, 6.07) is 6.81. The Balaban J connectivity index is 2.76. The minimum Gasteiger partial charge on any atom is -0.351 e. The van der Waals surface area contributed by atoms with Crippen LogP contribution >= 0.6 is 0 Å². The third-order valence-electron chi connectivity index (χ3n) is 2.06.